The lowest BCUT2D eigenvalue weighted by Crippen LogP contribution is -2.34. The molecule has 2 aromatic heterocycles. The first-order chi connectivity index (χ1) is 15.9. The van der Waals surface area contributed by atoms with Crippen LogP contribution < -0.4 is 15.4 Å². The minimum atomic E-state index is -0.622. The first-order valence-corrected chi connectivity index (χ1v) is 10.0. The van der Waals surface area contributed by atoms with Gasteiger partial charge in [-0.2, -0.15) is 4.98 Å². The smallest absolute Gasteiger partial charge is 0.311 e. The number of oxazole rings is 1. The van der Waals surface area contributed by atoms with Gasteiger partial charge in [-0.1, -0.05) is 6.07 Å². The van der Waals surface area contributed by atoms with Crippen molar-refractivity contribution >= 4 is 45.8 Å². The van der Waals surface area contributed by atoms with Crippen LogP contribution >= 0.6 is 12.2 Å². The van der Waals surface area contributed by atoms with E-state index in [9.17, 15) is 14.9 Å². The third-order valence-electron chi connectivity index (χ3n) is 4.84. The van der Waals surface area contributed by atoms with Gasteiger partial charge in [-0.25, -0.2) is 4.98 Å². The Morgan fingerprint density at radius 1 is 1.21 bits per heavy atom. The molecule has 4 rings (SSSR count). The van der Waals surface area contributed by atoms with Crippen molar-refractivity contribution in [3.05, 3.63) is 76.0 Å². The molecule has 4 aromatic rings. The summed E-state index contributed by atoms with van der Waals surface area (Å²) in [6.45, 7) is 1.86. The summed E-state index contributed by atoms with van der Waals surface area (Å²) in [4.78, 5) is 31.7. The van der Waals surface area contributed by atoms with E-state index in [4.69, 9.17) is 21.4 Å². The number of nitrogens with one attached hydrogen (secondary N) is 2. The number of methoxy groups -OCH3 is 1. The molecule has 0 radical (unpaired) electrons. The Morgan fingerprint density at radius 3 is 2.76 bits per heavy atom. The van der Waals surface area contributed by atoms with Crippen LogP contribution in [0, 0.1) is 17.0 Å². The van der Waals surface area contributed by atoms with Crippen LogP contribution in [0.3, 0.4) is 0 Å². The van der Waals surface area contributed by atoms with Crippen molar-refractivity contribution in [3.63, 3.8) is 0 Å². The largest absolute Gasteiger partial charge is 0.490 e. The number of hydrogen-bond donors (Lipinski definition) is 2. The number of nitro benzene ring substituents is 1. The van der Waals surface area contributed by atoms with Gasteiger partial charge in [0.25, 0.3) is 5.91 Å². The lowest BCUT2D eigenvalue weighted by molar-refractivity contribution is -0.385. The molecule has 0 atom stereocenters. The van der Waals surface area contributed by atoms with Crippen molar-refractivity contribution in [2.24, 2.45) is 0 Å². The highest BCUT2D eigenvalue weighted by Gasteiger charge is 2.19. The van der Waals surface area contributed by atoms with Crippen LogP contribution in [0.15, 0.2) is 59.1 Å². The summed E-state index contributed by atoms with van der Waals surface area (Å²) in [5.41, 5.74) is 2.98. The van der Waals surface area contributed by atoms with Crippen molar-refractivity contribution in [1.29, 1.82) is 0 Å². The van der Waals surface area contributed by atoms with E-state index in [0.717, 1.165) is 17.2 Å². The first-order valence-electron chi connectivity index (χ1n) is 9.63. The first kappa shape index (κ1) is 21.8. The predicted molar refractivity (Wildman–Crippen MR) is 125 cm³/mol. The highest BCUT2D eigenvalue weighted by molar-refractivity contribution is 7.80. The molecule has 0 aliphatic carbocycles. The predicted octanol–water partition coefficient (Wildman–Crippen LogP) is 4.24. The number of pyridine rings is 1. The minimum Gasteiger partial charge on any atom is -0.490 e. The highest BCUT2D eigenvalue weighted by atomic mass is 32.1. The van der Waals surface area contributed by atoms with Crippen molar-refractivity contribution in [3.8, 4) is 17.2 Å². The average Bonchev–Trinajstić information content (AvgIpc) is 3.23. The molecule has 11 heteroatoms. The molecule has 10 nitrogen and oxygen atoms in total. The summed E-state index contributed by atoms with van der Waals surface area (Å²) >= 11 is 5.27. The van der Waals surface area contributed by atoms with E-state index < -0.39 is 10.8 Å². The van der Waals surface area contributed by atoms with Crippen LogP contribution in [0.1, 0.15) is 15.9 Å². The van der Waals surface area contributed by atoms with E-state index in [1.165, 1.54) is 19.2 Å². The maximum atomic E-state index is 12.6. The Hall–Kier alpha value is -4.38. The normalized spacial score (nSPS) is 10.6. The van der Waals surface area contributed by atoms with Gasteiger partial charge in [-0.3, -0.25) is 20.2 Å². The SMILES string of the molecule is COc1ccc(C(=O)NC(=S)Nc2cccc(-c3nc4ncccc4o3)c2C)cc1[N+](=O)[O-]. The van der Waals surface area contributed by atoms with E-state index in [-0.39, 0.29) is 22.1 Å². The van der Waals surface area contributed by atoms with E-state index >= 15 is 0 Å². The number of nitro groups is 1. The summed E-state index contributed by atoms with van der Waals surface area (Å²) in [7, 11) is 1.31. The van der Waals surface area contributed by atoms with Crippen LogP contribution in [-0.2, 0) is 0 Å². The zero-order valence-electron chi connectivity index (χ0n) is 17.5. The van der Waals surface area contributed by atoms with Gasteiger partial charge >= 0.3 is 5.69 Å². The van der Waals surface area contributed by atoms with Crippen LogP contribution in [0.25, 0.3) is 22.7 Å². The van der Waals surface area contributed by atoms with Crippen LogP contribution in [0.2, 0.25) is 0 Å². The van der Waals surface area contributed by atoms with Gasteiger partial charge in [-0.05, 0) is 61.1 Å². The molecule has 2 aromatic carbocycles. The van der Waals surface area contributed by atoms with E-state index in [1.807, 2.05) is 13.0 Å². The molecule has 0 aliphatic rings. The molecule has 0 saturated heterocycles. The van der Waals surface area contributed by atoms with Gasteiger partial charge in [0.05, 0.1) is 12.0 Å². The molecule has 2 heterocycles. The second-order valence-corrected chi connectivity index (χ2v) is 7.28. The second kappa shape index (κ2) is 9.01. The summed E-state index contributed by atoms with van der Waals surface area (Å²) in [6, 6.07) is 12.9. The number of benzene rings is 2. The number of carbonyl (C=O) groups is 1. The maximum Gasteiger partial charge on any atom is 0.311 e. The fraction of sp³-hybridized carbons (Fsp3) is 0.0909. The Kier molecular flexibility index (Phi) is 5.96. The highest BCUT2D eigenvalue weighted by Crippen LogP contribution is 2.30. The maximum absolute atomic E-state index is 12.6. The van der Waals surface area contributed by atoms with Crippen LogP contribution in [0.5, 0.6) is 5.75 Å². The molecule has 0 unspecified atom stereocenters. The van der Waals surface area contributed by atoms with Gasteiger partial charge in [0.15, 0.2) is 22.1 Å². The molecule has 0 aliphatic heterocycles. The van der Waals surface area contributed by atoms with Crippen molar-refractivity contribution in [2.45, 2.75) is 6.92 Å². The molecule has 0 fully saturated rings. The van der Waals surface area contributed by atoms with Gasteiger partial charge in [0.1, 0.15) is 0 Å². The number of hydrogen-bond acceptors (Lipinski definition) is 8. The summed E-state index contributed by atoms with van der Waals surface area (Å²) in [6.07, 6.45) is 1.64. The Balaban J connectivity index is 1.52. The fourth-order valence-corrected chi connectivity index (χ4v) is 3.39. The Morgan fingerprint density at radius 2 is 2.03 bits per heavy atom. The number of fused-ring (bicyclic) bond motifs is 1. The Bertz CT molecular complexity index is 1370. The van der Waals surface area contributed by atoms with Crippen LogP contribution in [0.4, 0.5) is 11.4 Å². The van der Waals surface area contributed by atoms with Gasteiger partial charge in [0.2, 0.25) is 5.89 Å². The number of nitrogens with zero attached hydrogens (tertiary/aromatic N) is 3. The molecular formula is C22H17N5O5S. The number of amides is 1. The summed E-state index contributed by atoms with van der Waals surface area (Å²) in [5.74, 6) is -0.137. The number of thiocarbonyl (C=S) groups is 1. The lowest BCUT2D eigenvalue weighted by atomic mass is 10.1. The van der Waals surface area contributed by atoms with Gasteiger partial charge < -0.3 is 14.5 Å². The minimum absolute atomic E-state index is 0.0259. The van der Waals surface area contributed by atoms with E-state index in [1.54, 1.807) is 30.5 Å². The fourth-order valence-electron chi connectivity index (χ4n) is 3.19. The number of ether oxygens (including phenoxy) is 1. The summed E-state index contributed by atoms with van der Waals surface area (Å²) < 4.78 is 10.8. The van der Waals surface area contributed by atoms with Crippen molar-refractivity contribution in [2.75, 3.05) is 12.4 Å². The number of anilines is 1. The molecule has 2 N–H and O–H groups in total. The molecule has 1 amide bonds. The molecule has 33 heavy (non-hydrogen) atoms. The van der Waals surface area contributed by atoms with Crippen LogP contribution in [-0.4, -0.2) is 33.0 Å². The monoisotopic (exact) mass is 463 g/mol. The van der Waals surface area contributed by atoms with E-state index in [2.05, 4.69) is 20.6 Å². The zero-order chi connectivity index (χ0) is 23.5. The number of aromatic nitrogens is 2. The summed E-state index contributed by atoms with van der Waals surface area (Å²) in [5, 5.41) is 16.7. The standard InChI is InChI=1S/C22H17N5O5S/c1-12-14(21-25-19-18(32-21)7-4-10-23-19)5-3-6-15(12)24-22(33)26-20(28)13-8-9-17(31-2)16(11-13)27(29)30/h3-11H,1-2H3,(H2,24,26,28,33). The number of rotatable bonds is 5. The Labute approximate surface area is 192 Å². The molecule has 0 bridgehead atoms. The van der Waals surface area contributed by atoms with Crippen molar-refractivity contribution < 1.29 is 18.9 Å². The third kappa shape index (κ3) is 4.48. The molecule has 0 spiro atoms. The quantitative estimate of drug-likeness (QED) is 0.253. The van der Waals surface area contributed by atoms with Gasteiger partial charge in [-0.15, -0.1) is 0 Å². The molecule has 166 valence electrons. The molecule has 0 saturated carbocycles. The van der Waals surface area contributed by atoms with E-state index in [0.29, 0.717) is 22.8 Å². The topological polar surface area (TPSA) is 132 Å². The zero-order valence-corrected chi connectivity index (χ0v) is 18.3. The van der Waals surface area contributed by atoms with Crippen molar-refractivity contribution in [1.82, 2.24) is 15.3 Å². The lowest BCUT2D eigenvalue weighted by Gasteiger charge is -2.13. The molecular weight excluding hydrogens is 446 g/mol. The van der Waals surface area contributed by atoms with Gasteiger partial charge in [0, 0.05) is 29.1 Å². The third-order valence-corrected chi connectivity index (χ3v) is 5.05. The number of carbonyl (C=O) groups excluding carboxylic acids is 1. The second-order valence-electron chi connectivity index (χ2n) is 6.87. The average molecular weight is 463 g/mol.